The number of amidine groups is 1. The largest absolute Gasteiger partial charge is 0.384 e. The van der Waals surface area contributed by atoms with Crippen molar-refractivity contribution >= 4 is 11.5 Å². The number of nitrogens with zero attached hydrogens (tertiary/aromatic N) is 1. The lowest BCUT2D eigenvalue weighted by Gasteiger charge is -2.35. The van der Waals surface area contributed by atoms with Crippen LogP contribution in [0.5, 0.6) is 0 Å². The Labute approximate surface area is 109 Å². The quantitative estimate of drug-likeness (QED) is 0.635. The van der Waals surface area contributed by atoms with Crippen LogP contribution in [0.2, 0.25) is 0 Å². The van der Waals surface area contributed by atoms with Gasteiger partial charge < -0.3 is 10.6 Å². The zero-order chi connectivity index (χ0) is 13.1. The van der Waals surface area contributed by atoms with Crippen LogP contribution in [0.3, 0.4) is 0 Å². The highest BCUT2D eigenvalue weighted by Crippen LogP contribution is 2.29. The van der Waals surface area contributed by atoms with Crippen LogP contribution in [-0.2, 0) is 0 Å². The van der Waals surface area contributed by atoms with Gasteiger partial charge in [0, 0.05) is 24.3 Å². The van der Waals surface area contributed by atoms with Gasteiger partial charge in [-0.2, -0.15) is 0 Å². The van der Waals surface area contributed by atoms with Gasteiger partial charge >= 0.3 is 0 Å². The van der Waals surface area contributed by atoms with E-state index in [4.69, 9.17) is 11.1 Å². The van der Waals surface area contributed by atoms with Crippen LogP contribution in [-0.4, -0.2) is 18.9 Å². The van der Waals surface area contributed by atoms with Crippen LogP contribution >= 0.6 is 0 Å². The first-order valence-corrected chi connectivity index (χ1v) is 6.75. The van der Waals surface area contributed by atoms with Crippen molar-refractivity contribution in [2.45, 2.75) is 38.6 Å². The Kier molecular flexibility index (Phi) is 3.90. The summed E-state index contributed by atoms with van der Waals surface area (Å²) in [7, 11) is 2.17. The second-order valence-corrected chi connectivity index (χ2v) is 5.49. The van der Waals surface area contributed by atoms with Gasteiger partial charge in [0.2, 0.25) is 0 Å². The average molecular weight is 245 g/mol. The summed E-state index contributed by atoms with van der Waals surface area (Å²) in [5, 5.41) is 7.40. The summed E-state index contributed by atoms with van der Waals surface area (Å²) in [5.41, 5.74) is 7.49. The predicted molar refractivity (Wildman–Crippen MR) is 77.3 cm³/mol. The third-order valence-electron chi connectivity index (χ3n) is 4.12. The number of rotatable bonds is 3. The Bertz CT molecular complexity index is 402. The van der Waals surface area contributed by atoms with Crippen molar-refractivity contribution in [3.8, 4) is 0 Å². The van der Waals surface area contributed by atoms with Gasteiger partial charge in [0.1, 0.15) is 5.84 Å². The molecule has 98 valence electrons. The fourth-order valence-electron chi connectivity index (χ4n) is 2.72. The summed E-state index contributed by atoms with van der Waals surface area (Å²) < 4.78 is 0. The molecule has 1 aromatic carbocycles. The maximum atomic E-state index is 7.40. The zero-order valence-electron chi connectivity index (χ0n) is 11.3. The molecule has 0 radical (unpaired) electrons. The predicted octanol–water partition coefficient (Wildman–Crippen LogP) is 2.99. The second kappa shape index (κ2) is 5.42. The highest BCUT2D eigenvalue weighted by molar-refractivity contribution is 5.95. The molecule has 0 heterocycles. The highest BCUT2D eigenvalue weighted by Gasteiger charge is 2.21. The van der Waals surface area contributed by atoms with Gasteiger partial charge in [-0.1, -0.05) is 6.92 Å². The molecule has 3 nitrogen and oxygen atoms in total. The van der Waals surface area contributed by atoms with Crippen LogP contribution in [0, 0.1) is 11.3 Å². The first-order chi connectivity index (χ1) is 8.58. The van der Waals surface area contributed by atoms with E-state index in [1.165, 1.54) is 31.4 Å². The van der Waals surface area contributed by atoms with Crippen LogP contribution in [0.4, 0.5) is 5.69 Å². The third-order valence-corrected chi connectivity index (χ3v) is 4.12. The second-order valence-electron chi connectivity index (χ2n) is 5.49. The van der Waals surface area contributed by atoms with Crippen molar-refractivity contribution in [1.29, 1.82) is 5.41 Å². The molecular weight excluding hydrogens is 222 g/mol. The normalized spacial score (nSPS) is 23.7. The highest BCUT2D eigenvalue weighted by atomic mass is 15.1. The SMILES string of the molecule is CC1CCC(N(C)c2ccc(C(=N)N)cc2)CC1. The van der Waals surface area contributed by atoms with Crippen molar-refractivity contribution in [1.82, 2.24) is 0 Å². The Balaban J connectivity index is 2.04. The molecule has 0 saturated heterocycles. The van der Waals surface area contributed by atoms with E-state index in [0.29, 0.717) is 6.04 Å². The molecule has 1 aliphatic rings. The number of anilines is 1. The molecule has 1 saturated carbocycles. The third kappa shape index (κ3) is 2.84. The number of benzene rings is 1. The van der Waals surface area contributed by atoms with Crippen molar-refractivity contribution in [2.24, 2.45) is 11.7 Å². The number of hydrogen-bond donors (Lipinski definition) is 2. The minimum Gasteiger partial charge on any atom is -0.384 e. The first-order valence-electron chi connectivity index (χ1n) is 6.75. The lowest BCUT2D eigenvalue weighted by molar-refractivity contribution is 0.341. The Morgan fingerprint density at radius 2 is 1.72 bits per heavy atom. The molecule has 0 aromatic heterocycles. The van der Waals surface area contributed by atoms with Gasteiger partial charge in [0.15, 0.2) is 0 Å². The summed E-state index contributed by atoms with van der Waals surface area (Å²) in [6.45, 7) is 2.35. The molecule has 1 aliphatic carbocycles. The summed E-state index contributed by atoms with van der Waals surface area (Å²) >= 11 is 0. The Morgan fingerprint density at radius 1 is 1.17 bits per heavy atom. The molecule has 0 aliphatic heterocycles. The zero-order valence-corrected chi connectivity index (χ0v) is 11.3. The molecule has 0 bridgehead atoms. The molecule has 0 unspecified atom stereocenters. The van der Waals surface area contributed by atoms with E-state index in [2.05, 4.69) is 31.0 Å². The van der Waals surface area contributed by atoms with Crippen LogP contribution in [0.25, 0.3) is 0 Å². The van der Waals surface area contributed by atoms with Crippen molar-refractivity contribution in [3.05, 3.63) is 29.8 Å². The van der Waals surface area contributed by atoms with Crippen LogP contribution < -0.4 is 10.6 Å². The minimum absolute atomic E-state index is 0.135. The van der Waals surface area contributed by atoms with E-state index >= 15 is 0 Å². The monoisotopic (exact) mass is 245 g/mol. The molecule has 3 heteroatoms. The van der Waals surface area contributed by atoms with Crippen molar-refractivity contribution in [2.75, 3.05) is 11.9 Å². The van der Waals surface area contributed by atoms with Crippen molar-refractivity contribution < 1.29 is 0 Å². The lowest BCUT2D eigenvalue weighted by Crippen LogP contribution is -2.34. The molecule has 1 fully saturated rings. The Hall–Kier alpha value is -1.51. The summed E-state index contributed by atoms with van der Waals surface area (Å²) in [5.74, 6) is 1.02. The number of hydrogen-bond acceptors (Lipinski definition) is 2. The summed E-state index contributed by atoms with van der Waals surface area (Å²) in [4.78, 5) is 2.37. The van der Waals surface area contributed by atoms with Gasteiger partial charge in [-0.15, -0.1) is 0 Å². The number of nitrogen functional groups attached to an aromatic ring is 1. The molecule has 2 rings (SSSR count). The summed E-state index contributed by atoms with van der Waals surface area (Å²) in [6, 6.07) is 8.65. The first kappa shape index (κ1) is 12.9. The topological polar surface area (TPSA) is 53.1 Å². The van der Waals surface area contributed by atoms with Gasteiger partial charge in [-0.3, -0.25) is 5.41 Å². The van der Waals surface area contributed by atoms with E-state index < -0.39 is 0 Å². The molecule has 3 N–H and O–H groups in total. The van der Waals surface area contributed by atoms with E-state index in [-0.39, 0.29) is 5.84 Å². The van der Waals surface area contributed by atoms with Crippen LogP contribution in [0.15, 0.2) is 24.3 Å². The maximum Gasteiger partial charge on any atom is 0.122 e. The fraction of sp³-hybridized carbons (Fsp3) is 0.533. The molecule has 18 heavy (non-hydrogen) atoms. The molecule has 0 amide bonds. The fourth-order valence-corrected chi connectivity index (χ4v) is 2.72. The molecule has 0 atom stereocenters. The number of nitrogens with one attached hydrogen (secondary N) is 1. The van der Waals surface area contributed by atoms with E-state index in [0.717, 1.165) is 11.5 Å². The van der Waals surface area contributed by atoms with Gasteiger partial charge in [-0.25, -0.2) is 0 Å². The molecule has 0 spiro atoms. The van der Waals surface area contributed by atoms with E-state index in [1.54, 1.807) is 0 Å². The van der Waals surface area contributed by atoms with Crippen LogP contribution in [0.1, 0.15) is 38.2 Å². The molecule has 1 aromatic rings. The average Bonchev–Trinajstić information content (AvgIpc) is 2.39. The van der Waals surface area contributed by atoms with Gasteiger partial charge in [0.25, 0.3) is 0 Å². The van der Waals surface area contributed by atoms with E-state index in [1.807, 2.05) is 12.1 Å². The smallest absolute Gasteiger partial charge is 0.122 e. The standard InChI is InChI=1S/C15H23N3/c1-11-3-7-13(8-4-11)18(2)14-9-5-12(6-10-14)15(16)17/h5-6,9-11,13H,3-4,7-8H2,1-2H3,(H3,16,17). The maximum absolute atomic E-state index is 7.40. The van der Waals surface area contributed by atoms with E-state index in [9.17, 15) is 0 Å². The van der Waals surface area contributed by atoms with Crippen molar-refractivity contribution in [3.63, 3.8) is 0 Å². The molecular formula is C15H23N3. The number of nitrogens with two attached hydrogens (primary N) is 1. The summed E-state index contributed by atoms with van der Waals surface area (Å²) in [6.07, 6.45) is 5.24. The lowest BCUT2D eigenvalue weighted by atomic mass is 9.86. The minimum atomic E-state index is 0.135. The van der Waals surface area contributed by atoms with Gasteiger partial charge in [-0.05, 0) is 55.9 Å². The Morgan fingerprint density at radius 3 is 2.22 bits per heavy atom. The van der Waals surface area contributed by atoms with Gasteiger partial charge in [0.05, 0.1) is 0 Å².